The largest absolute Gasteiger partial charge is 0.496 e. The minimum atomic E-state index is 0.0810. The highest BCUT2D eigenvalue weighted by Crippen LogP contribution is 2.32. The molecule has 2 unspecified atom stereocenters. The Bertz CT molecular complexity index is 515. The van der Waals surface area contributed by atoms with Crippen LogP contribution < -0.4 is 10.1 Å². The number of hydrogen-bond acceptors (Lipinski definition) is 3. The van der Waals surface area contributed by atoms with Crippen LogP contribution in [0, 0.1) is 0 Å². The second-order valence-corrected chi connectivity index (χ2v) is 6.18. The summed E-state index contributed by atoms with van der Waals surface area (Å²) < 4.78 is 5.52. The zero-order chi connectivity index (χ0) is 14.8. The number of hydrogen-bond donors (Lipinski definition) is 1. The van der Waals surface area contributed by atoms with Crippen LogP contribution >= 0.6 is 0 Å². The van der Waals surface area contributed by atoms with E-state index in [2.05, 4.69) is 28.4 Å². The van der Waals surface area contributed by atoms with Gasteiger partial charge in [-0.3, -0.25) is 9.69 Å². The smallest absolute Gasteiger partial charge is 0.217 e. The fraction of sp³-hybridized carbons (Fsp3) is 0.588. The average Bonchev–Trinajstić information content (AvgIpc) is 2.93. The van der Waals surface area contributed by atoms with Crippen LogP contribution in [0.2, 0.25) is 0 Å². The highest BCUT2D eigenvalue weighted by atomic mass is 16.5. The van der Waals surface area contributed by atoms with Crippen LogP contribution in [-0.2, 0) is 17.6 Å². The Kier molecular flexibility index (Phi) is 4.15. The molecule has 3 rings (SSSR count). The van der Waals surface area contributed by atoms with E-state index in [1.807, 2.05) is 0 Å². The molecule has 1 amide bonds. The maximum absolute atomic E-state index is 11.2. The molecule has 114 valence electrons. The van der Waals surface area contributed by atoms with Crippen molar-refractivity contribution in [2.45, 2.75) is 44.7 Å². The van der Waals surface area contributed by atoms with Gasteiger partial charge in [0.2, 0.25) is 5.91 Å². The van der Waals surface area contributed by atoms with Gasteiger partial charge in [0.15, 0.2) is 0 Å². The summed E-state index contributed by atoms with van der Waals surface area (Å²) in [6, 6.07) is 7.26. The molecular weight excluding hydrogens is 264 g/mol. The predicted molar refractivity (Wildman–Crippen MR) is 82.6 cm³/mol. The number of rotatable bonds is 3. The number of aryl methyl sites for hydroxylation is 1. The maximum atomic E-state index is 11.2. The summed E-state index contributed by atoms with van der Waals surface area (Å²) in [6.45, 7) is 3.67. The number of benzene rings is 1. The third-order valence-corrected chi connectivity index (χ3v) is 4.78. The van der Waals surface area contributed by atoms with Gasteiger partial charge in [0, 0.05) is 32.1 Å². The number of carbonyl (C=O) groups is 1. The summed E-state index contributed by atoms with van der Waals surface area (Å²) in [5, 5.41) is 3.05. The molecule has 1 aliphatic carbocycles. The van der Waals surface area contributed by atoms with E-state index in [4.69, 9.17) is 4.74 Å². The Morgan fingerprint density at radius 3 is 3.00 bits per heavy atom. The summed E-state index contributed by atoms with van der Waals surface area (Å²) >= 11 is 0. The van der Waals surface area contributed by atoms with Gasteiger partial charge >= 0.3 is 0 Å². The van der Waals surface area contributed by atoms with Gasteiger partial charge in [0.1, 0.15) is 5.75 Å². The minimum Gasteiger partial charge on any atom is -0.496 e. The van der Waals surface area contributed by atoms with Crippen molar-refractivity contribution < 1.29 is 9.53 Å². The number of nitrogens with one attached hydrogen (secondary N) is 1. The lowest BCUT2D eigenvalue weighted by atomic mass is 9.87. The lowest BCUT2D eigenvalue weighted by molar-refractivity contribution is -0.119. The van der Waals surface area contributed by atoms with E-state index < -0.39 is 0 Å². The number of methoxy groups -OCH3 is 1. The molecule has 0 spiro atoms. The molecule has 0 saturated carbocycles. The summed E-state index contributed by atoms with van der Waals surface area (Å²) in [5.41, 5.74) is 2.81. The van der Waals surface area contributed by atoms with E-state index in [0.717, 1.165) is 38.1 Å². The molecule has 1 heterocycles. The molecule has 2 aliphatic rings. The second-order valence-electron chi connectivity index (χ2n) is 6.18. The van der Waals surface area contributed by atoms with Crippen molar-refractivity contribution >= 4 is 5.91 Å². The summed E-state index contributed by atoms with van der Waals surface area (Å²) in [4.78, 5) is 13.7. The third kappa shape index (κ3) is 3.05. The van der Waals surface area contributed by atoms with Crippen LogP contribution in [0.5, 0.6) is 5.75 Å². The average molecular weight is 288 g/mol. The Labute approximate surface area is 126 Å². The predicted octanol–water partition coefficient (Wildman–Crippen LogP) is 1.76. The SMILES string of the molecule is COc1cccc2c1CC(N1CCC(NC(C)=O)C1)CC2. The summed E-state index contributed by atoms with van der Waals surface area (Å²) in [5.74, 6) is 1.10. The van der Waals surface area contributed by atoms with Crippen molar-refractivity contribution in [2.24, 2.45) is 0 Å². The van der Waals surface area contributed by atoms with Gasteiger partial charge in [-0.25, -0.2) is 0 Å². The monoisotopic (exact) mass is 288 g/mol. The van der Waals surface area contributed by atoms with Gasteiger partial charge < -0.3 is 10.1 Å². The summed E-state index contributed by atoms with van der Waals surface area (Å²) in [6.07, 6.45) is 4.45. The van der Waals surface area contributed by atoms with Crippen LogP contribution in [0.15, 0.2) is 18.2 Å². The van der Waals surface area contributed by atoms with Crippen LogP contribution in [0.1, 0.15) is 30.9 Å². The van der Waals surface area contributed by atoms with Crippen molar-refractivity contribution in [1.82, 2.24) is 10.2 Å². The van der Waals surface area contributed by atoms with Crippen LogP contribution in [0.25, 0.3) is 0 Å². The quantitative estimate of drug-likeness (QED) is 0.921. The van der Waals surface area contributed by atoms with Crippen molar-refractivity contribution in [3.8, 4) is 5.75 Å². The van der Waals surface area contributed by atoms with Crippen molar-refractivity contribution in [2.75, 3.05) is 20.2 Å². The first-order valence-electron chi connectivity index (χ1n) is 7.83. The van der Waals surface area contributed by atoms with Gasteiger partial charge in [0.25, 0.3) is 0 Å². The number of ether oxygens (including phenoxy) is 1. The van der Waals surface area contributed by atoms with Crippen molar-refractivity contribution in [1.29, 1.82) is 0 Å². The minimum absolute atomic E-state index is 0.0810. The standard InChI is InChI=1S/C17H24N2O2/c1-12(20)18-14-8-9-19(11-14)15-7-6-13-4-3-5-17(21-2)16(13)10-15/h3-5,14-15H,6-11H2,1-2H3,(H,18,20). The number of carbonyl (C=O) groups excluding carboxylic acids is 1. The van der Waals surface area contributed by atoms with Gasteiger partial charge in [0.05, 0.1) is 7.11 Å². The van der Waals surface area contributed by atoms with Gasteiger partial charge in [-0.1, -0.05) is 12.1 Å². The molecule has 2 atom stereocenters. The zero-order valence-corrected chi connectivity index (χ0v) is 12.9. The molecule has 4 nitrogen and oxygen atoms in total. The normalized spacial score (nSPS) is 25.4. The Balaban J connectivity index is 1.68. The molecule has 1 aromatic rings. The first-order valence-corrected chi connectivity index (χ1v) is 7.83. The van der Waals surface area contributed by atoms with E-state index in [1.165, 1.54) is 17.5 Å². The lowest BCUT2D eigenvalue weighted by Gasteiger charge is -2.33. The van der Waals surface area contributed by atoms with E-state index in [9.17, 15) is 4.79 Å². The molecule has 1 saturated heterocycles. The number of amides is 1. The molecule has 0 bridgehead atoms. The lowest BCUT2D eigenvalue weighted by Crippen LogP contribution is -2.41. The fourth-order valence-corrected chi connectivity index (χ4v) is 3.76. The molecule has 1 aliphatic heterocycles. The first-order chi connectivity index (χ1) is 10.2. The highest BCUT2D eigenvalue weighted by molar-refractivity contribution is 5.73. The van der Waals surface area contributed by atoms with E-state index in [-0.39, 0.29) is 5.91 Å². The molecule has 1 aromatic carbocycles. The maximum Gasteiger partial charge on any atom is 0.217 e. The number of likely N-dealkylation sites (tertiary alicyclic amines) is 1. The molecule has 21 heavy (non-hydrogen) atoms. The molecule has 4 heteroatoms. The van der Waals surface area contributed by atoms with Gasteiger partial charge in [-0.05, 0) is 42.9 Å². The molecule has 0 aromatic heterocycles. The second kappa shape index (κ2) is 6.06. The van der Waals surface area contributed by atoms with Gasteiger partial charge in [-0.2, -0.15) is 0 Å². The zero-order valence-electron chi connectivity index (χ0n) is 12.9. The van der Waals surface area contributed by atoms with Crippen molar-refractivity contribution in [3.63, 3.8) is 0 Å². The fourth-order valence-electron chi connectivity index (χ4n) is 3.76. The summed E-state index contributed by atoms with van der Waals surface area (Å²) in [7, 11) is 1.75. The first kappa shape index (κ1) is 14.4. The molecule has 1 fully saturated rings. The molecule has 1 N–H and O–H groups in total. The number of fused-ring (bicyclic) bond motifs is 1. The van der Waals surface area contributed by atoms with Gasteiger partial charge in [-0.15, -0.1) is 0 Å². The van der Waals surface area contributed by atoms with Crippen LogP contribution in [-0.4, -0.2) is 43.1 Å². The highest BCUT2D eigenvalue weighted by Gasteiger charge is 2.31. The number of nitrogens with zero attached hydrogens (tertiary/aromatic N) is 1. The topological polar surface area (TPSA) is 41.6 Å². The molecule has 0 radical (unpaired) electrons. The third-order valence-electron chi connectivity index (χ3n) is 4.78. The Morgan fingerprint density at radius 2 is 2.24 bits per heavy atom. The molecular formula is C17H24N2O2. The van der Waals surface area contributed by atoms with E-state index in [1.54, 1.807) is 14.0 Å². The van der Waals surface area contributed by atoms with E-state index >= 15 is 0 Å². The Morgan fingerprint density at radius 1 is 1.38 bits per heavy atom. The van der Waals surface area contributed by atoms with Crippen LogP contribution in [0.3, 0.4) is 0 Å². The van der Waals surface area contributed by atoms with E-state index in [0.29, 0.717) is 12.1 Å². The van der Waals surface area contributed by atoms with Crippen molar-refractivity contribution in [3.05, 3.63) is 29.3 Å². The Hall–Kier alpha value is -1.55. The van der Waals surface area contributed by atoms with Crippen LogP contribution in [0.4, 0.5) is 0 Å².